The van der Waals surface area contributed by atoms with Gasteiger partial charge in [-0.3, -0.25) is 9.59 Å². The SMILES string of the molecule is CCS(=O)(=O)N1CCN(C(=O)C2CCN(C)C(=O)C2)CC1. The van der Waals surface area contributed by atoms with E-state index in [1.54, 1.807) is 23.8 Å². The van der Waals surface area contributed by atoms with Gasteiger partial charge >= 0.3 is 0 Å². The summed E-state index contributed by atoms with van der Waals surface area (Å²) in [6, 6.07) is 0. The first kappa shape index (κ1) is 16.2. The van der Waals surface area contributed by atoms with Crippen molar-refractivity contribution in [1.82, 2.24) is 14.1 Å². The second-order valence-electron chi connectivity index (χ2n) is 5.63. The fourth-order valence-electron chi connectivity index (χ4n) is 2.78. The average Bonchev–Trinajstić information content (AvgIpc) is 2.49. The third kappa shape index (κ3) is 3.55. The lowest BCUT2D eigenvalue weighted by Gasteiger charge is -2.37. The Morgan fingerprint density at radius 3 is 2.33 bits per heavy atom. The number of nitrogens with zero attached hydrogens (tertiary/aromatic N) is 3. The molecular weight excluding hydrogens is 294 g/mol. The molecule has 1 unspecified atom stereocenters. The molecule has 0 radical (unpaired) electrons. The van der Waals surface area contributed by atoms with Crippen molar-refractivity contribution in [3.8, 4) is 0 Å². The normalized spacial score (nSPS) is 25.2. The van der Waals surface area contributed by atoms with Crippen LogP contribution in [0.1, 0.15) is 19.8 Å². The highest BCUT2D eigenvalue weighted by atomic mass is 32.2. The molecule has 2 amide bonds. The predicted octanol–water partition coefficient (Wildman–Crippen LogP) is -0.651. The van der Waals surface area contributed by atoms with E-state index in [9.17, 15) is 18.0 Å². The van der Waals surface area contributed by atoms with Gasteiger partial charge in [-0.2, -0.15) is 4.31 Å². The Hall–Kier alpha value is -1.15. The quantitative estimate of drug-likeness (QED) is 0.693. The average molecular weight is 317 g/mol. The molecule has 0 aromatic carbocycles. The summed E-state index contributed by atoms with van der Waals surface area (Å²) in [7, 11) is -1.43. The molecule has 2 saturated heterocycles. The number of carbonyl (C=O) groups excluding carboxylic acids is 2. The minimum absolute atomic E-state index is 0.00629. The lowest BCUT2D eigenvalue weighted by Crippen LogP contribution is -2.53. The second-order valence-corrected chi connectivity index (χ2v) is 7.89. The molecule has 2 heterocycles. The maximum Gasteiger partial charge on any atom is 0.226 e. The number of amides is 2. The van der Waals surface area contributed by atoms with Gasteiger partial charge in [-0.15, -0.1) is 0 Å². The number of rotatable bonds is 3. The lowest BCUT2D eigenvalue weighted by atomic mass is 9.95. The summed E-state index contributed by atoms with van der Waals surface area (Å²) < 4.78 is 25.0. The number of piperidine rings is 1. The van der Waals surface area contributed by atoms with E-state index in [0.717, 1.165) is 0 Å². The first-order valence-electron chi connectivity index (χ1n) is 7.35. The van der Waals surface area contributed by atoms with Crippen LogP contribution in [0.25, 0.3) is 0 Å². The van der Waals surface area contributed by atoms with E-state index in [-0.39, 0.29) is 29.9 Å². The molecule has 0 spiro atoms. The van der Waals surface area contributed by atoms with Crippen molar-refractivity contribution in [1.29, 1.82) is 0 Å². The number of sulfonamides is 1. The van der Waals surface area contributed by atoms with Gasteiger partial charge in [-0.05, 0) is 13.3 Å². The molecule has 2 rings (SSSR count). The van der Waals surface area contributed by atoms with Gasteiger partial charge in [0.05, 0.1) is 5.75 Å². The summed E-state index contributed by atoms with van der Waals surface area (Å²) in [5.74, 6) is -0.162. The van der Waals surface area contributed by atoms with E-state index in [0.29, 0.717) is 39.1 Å². The number of hydrogen-bond acceptors (Lipinski definition) is 4. The molecule has 0 aromatic rings. The van der Waals surface area contributed by atoms with E-state index >= 15 is 0 Å². The number of likely N-dealkylation sites (tertiary alicyclic amines) is 1. The third-order valence-corrected chi connectivity index (χ3v) is 6.20. The van der Waals surface area contributed by atoms with Crippen molar-refractivity contribution >= 4 is 21.8 Å². The Morgan fingerprint density at radius 1 is 1.19 bits per heavy atom. The highest BCUT2D eigenvalue weighted by Gasteiger charge is 2.34. The van der Waals surface area contributed by atoms with Gasteiger partial charge in [0.25, 0.3) is 0 Å². The van der Waals surface area contributed by atoms with Crippen LogP contribution in [0.4, 0.5) is 0 Å². The minimum atomic E-state index is -3.18. The monoisotopic (exact) mass is 317 g/mol. The van der Waals surface area contributed by atoms with Gasteiger partial charge in [0.1, 0.15) is 0 Å². The third-order valence-electron chi connectivity index (χ3n) is 4.32. The fraction of sp³-hybridized carbons (Fsp3) is 0.846. The van der Waals surface area contributed by atoms with Crippen LogP contribution in [-0.4, -0.2) is 79.9 Å². The molecule has 2 aliphatic heterocycles. The molecule has 0 aliphatic carbocycles. The lowest BCUT2D eigenvalue weighted by molar-refractivity contribution is -0.145. The van der Waals surface area contributed by atoms with Gasteiger partial charge in [0.2, 0.25) is 21.8 Å². The van der Waals surface area contributed by atoms with Crippen molar-refractivity contribution in [3.05, 3.63) is 0 Å². The zero-order valence-corrected chi connectivity index (χ0v) is 13.4. The van der Waals surface area contributed by atoms with Crippen LogP contribution in [0.5, 0.6) is 0 Å². The van der Waals surface area contributed by atoms with Crippen molar-refractivity contribution in [3.63, 3.8) is 0 Å². The molecule has 0 aromatic heterocycles. The molecule has 21 heavy (non-hydrogen) atoms. The molecule has 7 nitrogen and oxygen atoms in total. The molecule has 8 heteroatoms. The molecule has 2 fully saturated rings. The standard InChI is InChI=1S/C13H23N3O4S/c1-3-21(19,20)16-8-6-15(7-9-16)13(18)11-4-5-14(2)12(17)10-11/h11H,3-10H2,1-2H3. The first-order chi connectivity index (χ1) is 9.85. The molecular formula is C13H23N3O4S. The highest BCUT2D eigenvalue weighted by molar-refractivity contribution is 7.89. The molecule has 1 atom stereocenters. The van der Waals surface area contributed by atoms with Gasteiger partial charge in [-0.1, -0.05) is 0 Å². The van der Waals surface area contributed by atoms with Crippen LogP contribution >= 0.6 is 0 Å². The molecule has 0 bridgehead atoms. The summed E-state index contributed by atoms with van der Waals surface area (Å²) in [5, 5.41) is 0. The van der Waals surface area contributed by atoms with Crippen molar-refractivity contribution in [2.45, 2.75) is 19.8 Å². The van der Waals surface area contributed by atoms with E-state index in [2.05, 4.69) is 0 Å². The predicted molar refractivity (Wildman–Crippen MR) is 78.0 cm³/mol. The smallest absolute Gasteiger partial charge is 0.226 e. The van der Waals surface area contributed by atoms with E-state index in [1.807, 2.05) is 0 Å². The zero-order chi connectivity index (χ0) is 15.6. The maximum absolute atomic E-state index is 12.4. The number of hydrogen-bond donors (Lipinski definition) is 0. The number of carbonyl (C=O) groups is 2. The van der Waals surface area contributed by atoms with Gasteiger partial charge < -0.3 is 9.80 Å². The summed E-state index contributed by atoms with van der Waals surface area (Å²) >= 11 is 0. The van der Waals surface area contributed by atoms with Gasteiger partial charge in [0.15, 0.2) is 0 Å². The van der Waals surface area contributed by atoms with Crippen LogP contribution in [-0.2, 0) is 19.6 Å². The minimum Gasteiger partial charge on any atom is -0.346 e. The Labute approximate surface area is 125 Å². The zero-order valence-electron chi connectivity index (χ0n) is 12.6. The topological polar surface area (TPSA) is 78.0 Å². The molecule has 0 saturated carbocycles. The maximum atomic E-state index is 12.4. The summed E-state index contributed by atoms with van der Waals surface area (Å²) in [4.78, 5) is 27.4. The summed E-state index contributed by atoms with van der Waals surface area (Å²) in [6.45, 7) is 3.76. The van der Waals surface area contributed by atoms with Crippen molar-refractivity contribution in [2.75, 3.05) is 45.5 Å². The Morgan fingerprint density at radius 2 is 1.81 bits per heavy atom. The highest BCUT2D eigenvalue weighted by Crippen LogP contribution is 2.21. The van der Waals surface area contributed by atoms with Crippen LogP contribution in [0.2, 0.25) is 0 Å². The van der Waals surface area contributed by atoms with E-state index in [4.69, 9.17) is 0 Å². The molecule has 120 valence electrons. The van der Waals surface area contributed by atoms with E-state index in [1.165, 1.54) is 4.31 Å². The van der Waals surface area contributed by atoms with Gasteiger partial charge in [0, 0.05) is 52.1 Å². The summed E-state index contributed by atoms with van der Waals surface area (Å²) in [6.07, 6.45) is 0.956. The molecule has 2 aliphatic rings. The number of piperazine rings is 1. The van der Waals surface area contributed by atoms with Crippen LogP contribution in [0, 0.1) is 5.92 Å². The van der Waals surface area contributed by atoms with Crippen LogP contribution in [0.3, 0.4) is 0 Å². The van der Waals surface area contributed by atoms with Crippen molar-refractivity contribution in [2.24, 2.45) is 5.92 Å². The first-order valence-corrected chi connectivity index (χ1v) is 8.96. The Balaban J connectivity index is 1.90. The Kier molecular flexibility index (Phi) is 4.88. The summed E-state index contributed by atoms with van der Waals surface area (Å²) in [5.41, 5.74) is 0. The molecule has 0 N–H and O–H groups in total. The van der Waals surface area contributed by atoms with Crippen LogP contribution in [0.15, 0.2) is 0 Å². The second kappa shape index (κ2) is 6.31. The van der Waals surface area contributed by atoms with Crippen LogP contribution < -0.4 is 0 Å². The van der Waals surface area contributed by atoms with Crippen molar-refractivity contribution < 1.29 is 18.0 Å². The fourth-order valence-corrected chi connectivity index (χ4v) is 3.87. The largest absolute Gasteiger partial charge is 0.346 e. The Bertz CT molecular complexity index is 512. The van der Waals surface area contributed by atoms with E-state index < -0.39 is 10.0 Å². The van der Waals surface area contributed by atoms with Gasteiger partial charge in [-0.25, -0.2) is 8.42 Å².